The summed E-state index contributed by atoms with van der Waals surface area (Å²) in [4.78, 5) is 11.1. The monoisotopic (exact) mass is 360 g/mol. The fraction of sp³-hybridized carbons (Fsp3) is 0.286. The molecule has 0 aliphatic heterocycles. The van der Waals surface area contributed by atoms with E-state index in [1.165, 1.54) is 0 Å². The van der Waals surface area contributed by atoms with Crippen LogP contribution >= 0.6 is 0 Å². The first-order valence-electron chi connectivity index (χ1n) is 5.11. The Morgan fingerprint density at radius 1 is 1.00 bits per heavy atom. The van der Waals surface area contributed by atoms with E-state index >= 15 is 0 Å². The van der Waals surface area contributed by atoms with Gasteiger partial charge in [0, 0.05) is 27.0 Å². The predicted octanol–water partition coefficient (Wildman–Crippen LogP) is 2.12. The van der Waals surface area contributed by atoms with Gasteiger partial charge in [0.15, 0.2) is 0 Å². The summed E-state index contributed by atoms with van der Waals surface area (Å²) in [6, 6.07) is 0. The smallest absolute Gasteiger partial charge is 0 e. The summed E-state index contributed by atoms with van der Waals surface area (Å²) in [7, 11) is 0. The standard InChI is InChI=1S/C11H14O2.3CO.Mo/c1-2-13-11(12)9-10-7-5-3-4-6-8-10;3*1-2;/h3-8,10H,2,9H2,1H3;;;;. The molecule has 0 spiro atoms. The molecule has 106 valence electrons. The molecule has 0 radical (unpaired) electrons. The maximum atomic E-state index is 11.1. The van der Waals surface area contributed by atoms with E-state index in [9.17, 15) is 4.79 Å². The number of carbonyl (C=O) groups excluding carboxylic acids is 1. The summed E-state index contributed by atoms with van der Waals surface area (Å²) in [5, 5.41) is 0. The van der Waals surface area contributed by atoms with E-state index in [0.717, 1.165) is 0 Å². The van der Waals surface area contributed by atoms with Gasteiger partial charge in [0.2, 0.25) is 0 Å². The van der Waals surface area contributed by atoms with E-state index in [2.05, 4.69) is 20.0 Å². The Balaban J connectivity index is -0.000000162. The van der Waals surface area contributed by atoms with Crippen LogP contribution in [0, 0.1) is 25.9 Å². The summed E-state index contributed by atoms with van der Waals surface area (Å²) in [5.41, 5.74) is 0. The van der Waals surface area contributed by atoms with E-state index in [1.807, 2.05) is 43.4 Å². The zero-order valence-electron chi connectivity index (χ0n) is 10.9. The Kier molecular flexibility index (Phi) is 35.4. The molecule has 6 heteroatoms. The van der Waals surface area contributed by atoms with Gasteiger partial charge in [-0.05, 0) is 6.92 Å². The average molecular weight is 358 g/mol. The maximum Gasteiger partial charge on any atom is 0 e. The molecule has 0 fully saturated rings. The number of hydrogen-bond donors (Lipinski definition) is 0. The third kappa shape index (κ3) is 19.0. The molecule has 1 aliphatic carbocycles. The average Bonchev–Trinajstić information content (AvgIpc) is 2.74. The second-order valence-corrected chi connectivity index (χ2v) is 2.83. The van der Waals surface area contributed by atoms with Gasteiger partial charge in [-0.25, -0.2) is 0 Å². The van der Waals surface area contributed by atoms with Gasteiger partial charge in [0.05, 0.1) is 13.0 Å². The van der Waals surface area contributed by atoms with E-state index in [-0.39, 0.29) is 33.0 Å². The molecule has 0 saturated heterocycles. The molecular weight excluding hydrogens is 344 g/mol. The molecule has 0 aromatic heterocycles. The van der Waals surface area contributed by atoms with Crippen molar-refractivity contribution < 1.29 is 44.6 Å². The minimum atomic E-state index is -0.135. The van der Waals surface area contributed by atoms with Crippen molar-refractivity contribution in [2.45, 2.75) is 13.3 Å². The first-order chi connectivity index (χ1) is 9.33. The van der Waals surface area contributed by atoms with Crippen molar-refractivity contribution in [2.24, 2.45) is 5.92 Å². The van der Waals surface area contributed by atoms with Crippen molar-refractivity contribution in [3.8, 4) is 0 Å². The fourth-order valence-corrected chi connectivity index (χ4v) is 1.15. The Hall–Kier alpha value is -1.40. The zero-order chi connectivity index (χ0) is 15.5. The third-order valence-corrected chi connectivity index (χ3v) is 1.76. The number of carbonyl (C=O) groups is 1. The molecule has 0 heterocycles. The molecule has 0 aromatic carbocycles. The second-order valence-electron chi connectivity index (χ2n) is 2.83. The van der Waals surface area contributed by atoms with E-state index in [1.54, 1.807) is 0 Å². The van der Waals surface area contributed by atoms with E-state index in [4.69, 9.17) is 18.7 Å². The number of hydrogen-bond acceptors (Lipinski definition) is 2. The number of allylic oxidation sites excluding steroid dienone is 6. The van der Waals surface area contributed by atoms with Crippen molar-refractivity contribution in [1.82, 2.24) is 0 Å². The summed E-state index contributed by atoms with van der Waals surface area (Å²) >= 11 is 0. The van der Waals surface area contributed by atoms with Crippen molar-refractivity contribution in [3.05, 3.63) is 56.4 Å². The normalized spacial score (nSPS) is 10.6. The molecule has 1 aliphatic rings. The number of esters is 1. The summed E-state index contributed by atoms with van der Waals surface area (Å²) in [6.45, 7) is 15.8. The zero-order valence-corrected chi connectivity index (χ0v) is 12.9. The van der Waals surface area contributed by atoms with Crippen LogP contribution in [0.1, 0.15) is 13.3 Å². The Labute approximate surface area is 133 Å². The fourth-order valence-electron chi connectivity index (χ4n) is 1.15. The van der Waals surface area contributed by atoms with Crippen molar-refractivity contribution in [3.63, 3.8) is 0 Å². The molecule has 5 nitrogen and oxygen atoms in total. The molecule has 0 aromatic rings. The van der Waals surface area contributed by atoms with Gasteiger partial charge < -0.3 is 4.74 Å². The first-order valence-corrected chi connectivity index (χ1v) is 5.11. The molecule has 0 N–H and O–H groups in total. The van der Waals surface area contributed by atoms with Crippen LogP contribution in [0.2, 0.25) is 0 Å². The van der Waals surface area contributed by atoms with Crippen LogP contribution in [0.25, 0.3) is 0 Å². The Bertz CT molecular complexity index is 333. The van der Waals surface area contributed by atoms with Crippen LogP contribution in [0.5, 0.6) is 0 Å². The molecule has 0 bridgehead atoms. The topological polar surface area (TPSA) is 86.0 Å². The third-order valence-electron chi connectivity index (χ3n) is 1.76. The van der Waals surface area contributed by atoms with Gasteiger partial charge >= 0.3 is 39.9 Å². The van der Waals surface area contributed by atoms with Crippen LogP contribution in [0.3, 0.4) is 0 Å². The Morgan fingerprint density at radius 3 is 1.75 bits per heavy atom. The number of ether oxygens (including phenoxy) is 1. The molecule has 0 saturated carbocycles. The van der Waals surface area contributed by atoms with Crippen LogP contribution in [-0.4, -0.2) is 12.6 Å². The molecule has 1 rings (SSSR count). The second kappa shape index (κ2) is 26.2. The minimum Gasteiger partial charge on any atom is 0 e. The van der Waals surface area contributed by atoms with Gasteiger partial charge in [0.25, 0.3) is 0 Å². The van der Waals surface area contributed by atoms with Gasteiger partial charge in [-0.1, -0.05) is 36.5 Å². The first kappa shape index (κ1) is 27.0. The van der Waals surface area contributed by atoms with Crippen LogP contribution in [0.4, 0.5) is 0 Å². The van der Waals surface area contributed by atoms with Gasteiger partial charge in [-0.2, -0.15) is 0 Å². The van der Waals surface area contributed by atoms with Crippen LogP contribution in [0.15, 0.2) is 36.5 Å². The molecule has 20 heavy (non-hydrogen) atoms. The molecule has 0 amide bonds. The summed E-state index contributed by atoms with van der Waals surface area (Å²) in [5.74, 6) is 0.0396. The van der Waals surface area contributed by atoms with Crippen molar-refractivity contribution in [2.75, 3.05) is 6.61 Å². The summed E-state index contributed by atoms with van der Waals surface area (Å²) in [6.07, 6.45) is 12.2. The SMILES string of the molecule is CCOC(=O)CC1C=CC=CC=C1.[C-]#[O+].[C-]#[O+].[C-]#[O+].[Mo]. The number of rotatable bonds is 3. The quantitative estimate of drug-likeness (QED) is 0.335. The van der Waals surface area contributed by atoms with Crippen molar-refractivity contribution >= 4 is 5.97 Å². The molecule has 0 atom stereocenters. The van der Waals surface area contributed by atoms with Gasteiger partial charge in [-0.3, -0.25) is 4.79 Å². The van der Waals surface area contributed by atoms with Crippen LogP contribution < -0.4 is 0 Å². The largest absolute Gasteiger partial charge is 0 e. The molecular formula is C14H14MoO5. The molecule has 0 unspecified atom stereocenters. The van der Waals surface area contributed by atoms with Crippen molar-refractivity contribution in [1.29, 1.82) is 0 Å². The predicted molar refractivity (Wildman–Crippen MR) is 63.9 cm³/mol. The van der Waals surface area contributed by atoms with E-state index in [0.29, 0.717) is 13.0 Å². The van der Waals surface area contributed by atoms with E-state index < -0.39 is 0 Å². The maximum absolute atomic E-state index is 11.1. The minimum absolute atomic E-state index is 0. The Morgan fingerprint density at radius 2 is 1.40 bits per heavy atom. The summed E-state index contributed by atoms with van der Waals surface area (Å²) < 4.78 is 27.4. The van der Waals surface area contributed by atoms with Crippen LogP contribution in [-0.2, 0) is 44.6 Å². The van der Waals surface area contributed by atoms with Gasteiger partial charge in [0.1, 0.15) is 0 Å². The van der Waals surface area contributed by atoms with Gasteiger partial charge in [-0.15, -0.1) is 0 Å².